The van der Waals surface area contributed by atoms with Crippen LogP contribution >= 0.6 is 0 Å². The molecule has 0 amide bonds. The van der Waals surface area contributed by atoms with Crippen LogP contribution < -0.4 is 5.32 Å². The van der Waals surface area contributed by atoms with E-state index in [9.17, 15) is 0 Å². The lowest BCUT2D eigenvalue weighted by Crippen LogP contribution is -2.38. The molecule has 0 aliphatic carbocycles. The highest BCUT2D eigenvalue weighted by Crippen LogP contribution is 2.09. The summed E-state index contributed by atoms with van der Waals surface area (Å²) in [5.41, 5.74) is 2.46. The van der Waals surface area contributed by atoms with Crippen LogP contribution in [-0.4, -0.2) is 40.1 Å². The Morgan fingerprint density at radius 3 is 2.48 bits per heavy atom. The predicted octanol–water partition coefficient (Wildman–Crippen LogP) is 2.69. The molecule has 0 spiro atoms. The van der Waals surface area contributed by atoms with Crippen LogP contribution in [0.5, 0.6) is 0 Å². The van der Waals surface area contributed by atoms with Crippen LogP contribution in [0, 0.1) is 0 Å². The summed E-state index contributed by atoms with van der Waals surface area (Å²) in [7, 11) is 0. The number of likely N-dealkylation sites (N-methyl/N-ethyl adjacent to an activating group) is 1. The van der Waals surface area contributed by atoms with E-state index in [2.05, 4.69) is 60.2 Å². The molecule has 4 nitrogen and oxygen atoms in total. The molecule has 0 aliphatic rings. The van der Waals surface area contributed by atoms with Gasteiger partial charge in [0.2, 0.25) is 0 Å². The van der Waals surface area contributed by atoms with Crippen LogP contribution in [0.3, 0.4) is 0 Å². The van der Waals surface area contributed by atoms with Gasteiger partial charge in [-0.1, -0.05) is 26.0 Å². The van der Waals surface area contributed by atoms with Crippen LogP contribution in [-0.2, 0) is 6.54 Å². The first-order valence-electron chi connectivity index (χ1n) is 7.76. The lowest BCUT2D eigenvalue weighted by molar-refractivity contribution is 0.270. The Labute approximate surface area is 127 Å². The SMILES string of the molecule is CCN(CC)CC(C)NCc1ccc(-n2ccnc2)cc1. The summed E-state index contributed by atoms with van der Waals surface area (Å²) >= 11 is 0. The fourth-order valence-corrected chi connectivity index (χ4v) is 2.42. The predicted molar refractivity (Wildman–Crippen MR) is 87.7 cm³/mol. The maximum Gasteiger partial charge on any atom is 0.0991 e. The van der Waals surface area contributed by atoms with Gasteiger partial charge in [-0.05, 0) is 37.7 Å². The monoisotopic (exact) mass is 286 g/mol. The minimum absolute atomic E-state index is 0.498. The van der Waals surface area contributed by atoms with Gasteiger partial charge in [-0.25, -0.2) is 4.98 Å². The Morgan fingerprint density at radius 2 is 1.90 bits per heavy atom. The van der Waals surface area contributed by atoms with Crippen molar-refractivity contribution < 1.29 is 0 Å². The van der Waals surface area contributed by atoms with Crippen molar-refractivity contribution in [2.45, 2.75) is 33.4 Å². The molecular weight excluding hydrogens is 260 g/mol. The summed E-state index contributed by atoms with van der Waals surface area (Å²) < 4.78 is 2.01. The number of aromatic nitrogens is 2. The van der Waals surface area contributed by atoms with Crippen LogP contribution in [0.25, 0.3) is 5.69 Å². The van der Waals surface area contributed by atoms with Crippen molar-refractivity contribution in [1.82, 2.24) is 19.8 Å². The summed E-state index contributed by atoms with van der Waals surface area (Å²) in [5, 5.41) is 3.59. The molecule has 0 bridgehead atoms. The average Bonchev–Trinajstić information content (AvgIpc) is 3.05. The van der Waals surface area contributed by atoms with Crippen LogP contribution in [0.4, 0.5) is 0 Å². The molecule has 21 heavy (non-hydrogen) atoms. The Balaban J connectivity index is 1.83. The first-order valence-corrected chi connectivity index (χ1v) is 7.76. The highest BCUT2D eigenvalue weighted by Gasteiger charge is 2.06. The summed E-state index contributed by atoms with van der Waals surface area (Å²) in [4.78, 5) is 6.51. The Bertz CT molecular complexity index is 500. The van der Waals surface area contributed by atoms with Gasteiger partial charge in [0, 0.05) is 37.2 Å². The van der Waals surface area contributed by atoms with Gasteiger partial charge in [0.15, 0.2) is 0 Å². The van der Waals surface area contributed by atoms with Gasteiger partial charge >= 0.3 is 0 Å². The second kappa shape index (κ2) is 7.96. The number of hydrogen-bond donors (Lipinski definition) is 1. The normalized spacial score (nSPS) is 12.8. The molecule has 0 aliphatic heterocycles. The fraction of sp³-hybridized carbons (Fsp3) is 0.471. The molecule has 1 unspecified atom stereocenters. The third-order valence-electron chi connectivity index (χ3n) is 3.82. The number of nitrogens with one attached hydrogen (secondary N) is 1. The van der Waals surface area contributed by atoms with Crippen molar-refractivity contribution in [1.29, 1.82) is 0 Å². The number of nitrogens with zero attached hydrogens (tertiary/aromatic N) is 3. The topological polar surface area (TPSA) is 33.1 Å². The van der Waals surface area contributed by atoms with Crippen LogP contribution in [0.2, 0.25) is 0 Å². The minimum atomic E-state index is 0.498. The Morgan fingerprint density at radius 1 is 1.19 bits per heavy atom. The number of benzene rings is 1. The van der Waals surface area contributed by atoms with Crippen molar-refractivity contribution in [3.8, 4) is 5.69 Å². The number of rotatable bonds is 8. The van der Waals surface area contributed by atoms with E-state index < -0.39 is 0 Å². The molecule has 0 fully saturated rings. The minimum Gasteiger partial charge on any atom is -0.309 e. The maximum atomic E-state index is 4.07. The van der Waals surface area contributed by atoms with E-state index in [0.717, 1.165) is 31.9 Å². The summed E-state index contributed by atoms with van der Waals surface area (Å²) in [6.45, 7) is 10.9. The largest absolute Gasteiger partial charge is 0.309 e. The van der Waals surface area contributed by atoms with Crippen molar-refractivity contribution in [2.24, 2.45) is 0 Å². The lowest BCUT2D eigenvalue weighted by atomic mass is 10.2. The van der Waals surface area contributed by atoms with Gasteiger partial charge < -0.3 is 14.8 Å². The molecule has 1 N–H and O–H groups in total. The second-order valence-corrected chi connectivity index (χ2v) is 5.40. The van der Waals surface area contributed by atoms with Crippen molar-refractivity contribution in [3.05, 3.63) is 48.5 Å². The van der Waals surface area contributed by atoms with E-state index >= 15 is 0 Å². The van der Waals surface area contributed by atoms with Gasteiger partial charge in [-0.2, -0.15) is 0 Å². The van der Waals surface area contributed by atoms with Gasteiger partial charge in [0.1, 0.15) is 0 Å². The molecule has 1 aromatic heterocycles. The molecule has 2 aromatic rings. The average molecular weight is 286 g/mol. The lowest BCUT2D eigenvalue weighted by Gasteiger charge is -2.23. The quantitative estimate of drug-likeness (QED) is 0.810. The molecule has 2 rings (SSSR count). The highest BCUT2D eigenvalue weighted by molar-refractivity contribution is 5.34. The Kier molecular flexibility index (Phi) is 5.96. The van der Waals surface area contributed by atoms with E-state index in [1.807, 2.05) is 17.1 Å². The van der Waals surface area contributed by atoms with Gasteiger partial charge in [0.05, 0.1) is 6.33 Å². The van der Waals surface area contributed by atoms with E-state index in [-0.39, 0.29) is 0 Å². The molecule has 1 atom stereocenters. The van der Waals surface area contributed by atoms with E-state index in [4.69, 9.17) is 0 Å². The van der Waals surface area contributed by atoms with Gasteiger partial charge in [0.25, 0.3) is 0 Å². The van der Waals surface area contributed by atoms with E-state index in [1.54, 1.807) is 6.20 Å². The smallest absolute Gasteiger partial charge is 0.0991 e. The molecular formula is C17H26N4. The third kappa shape index (κ3) is 4.69. The fourth-order valence-electron chi connectivity index (χ4n) is 2.42. The number of imidazole rings is 1. The molecule has 1 aromatic carbocycles. The summed E-state index contributed by atoms with van der Waals surface area (Å²) in [5.74, 6) is 0. The summed E-state index contributed by atoms with van der Waals surface area (Å²) in [6.07, 6.45) is 5.57. The standard InChI is InChI=1S/C17H26N4/c1-4-20(5-2)13-15(3)19-12-16-6-8-17(9-7-16)21-11-10-18-14-21/h6-11,14-15,19H,4-5,12-13H2,1-3H3. The summed E-state index contributed by atoms with van der Waals surface area (Å²) in [6, 6.07) is 9.11. The van der Waals surface area contributed by atoms with E-state index in [1.165, 1.54) is 5.56 Å². The van der Waals surface area contributed by atoms with Crippen molar-refractivity contribution >= 4 is 0 Å². The first kappa shape index (κ1) is 15.7. The van der Waals surface area contributed by atoms with Crippen LogP contribution in [0.15, 0.2) is 43.0 Å². The van der Waals surface area contributed by atoms with Crippen LogP contribution in [0.1, 0.15) is 26.3 Å². The molecule has 0 saturated heterocycles. The third-order valence-corrected chi connectivity index (χ3v) is 3.82. The zero-order chi connectivity index (χ0) is 15.1. The molecule has 114 valence electrons. The van der Waals surface area contributed by atoms with Crippen molar-refractivity contribution in [3.63, 3.8) is 0 Å². The second-order valence-electron chi connectivity index (χ2n) is 5.40. The first-order chi connectivity index (χ1) is 10.2. The van der Waals surface area contributed by atoms with Crippen molar-refractivity contribution in [2.75, 3.05) is 19.6 Å². The van der Waals surface area contributed by atoms with Gasteiger partial charge in [-0.3, -0.25) is 0 Å². The molecule has 0 radical (unpaired) electrons. The molecule has 0 saturated carbocycles. The Hall–Kier alpha value is -1.65. The zero-order valence-electron chi connectivity index (χ0n) is 13.3. The van der Waals surface area contributed by atoms with Gasteiger partial charge in [-0.15, -0.1) is 0 Å². The zero-order valence-corrected chi connectivity index (χ0v) is 13.3. The van der Waals surface area contributed by atoms with E-state index in [0.29, 0.717) is 6.04 Å². The molecule has 1 heterocycles. The number of hydrogen-bond acceptors (Lipinski definition) is 3. The molecule has 4 heteroatoms. The maximum absolute atomic E-state index is 4.07. The highest BCUT2D eigenvalue weighted by atomic mass is 15.1.